The average Bonchev–Trinajstić information content (AvgIpc) is 2.43. The number of aromatic amines is 1. The van der Waals surface area contributed by atoms with Crippen LogP contribution in [0.25, 0.3) is 0 Å². The van der Waals surface area contributed by atoms with E-state index in [2.05, 4.69) is 23.0 Å². The number of aromatic nitrogens is 2. The predicted octanol–water partition coefficient (Wildman–Crippen LogP) is 2.36. The Labute approximate surface area is 123 Å². The van der Waals surface area contributed by atoms with Gasteiger partial charge >= 0.3 is 5.69 Å². The van der Waals surface area contributed by atoms with Crippen LogP contribution in [-0.2, 0) is 11.8 Å². The molecular formula is C16H19N3O2. The molecule has 2 N–H and O–H groups in total. The minimum atomic E-state index is -0.476. The zero-order valence-corrected chi connectivity index (χ0v) is 12.5. The Kier molecular flexibility index (Phi) is 2.78. The van der Waals surface area contributed by atoms with Crippen LogP contribution in [0.15, 0.2) is 22.3 Å². The molecule has 0 radical (unpaired) electrons. The Morgan fingerprint density at radius 1 is 1.48 bits per heavy atom. The number of aliphatic hydroxyl groups is 1. The summed E-state index contributed by atoms with van der Waals surface area (Å²) in [4.78, 5) is 18.3. The van der Waals surface area contributed by atoms with Crippen molar-refractivity contribution >= 4 is 0 Å². The molecule has 1 aromatic rings. The van der Waals surface area contributed by atoms with E-state index in [-0.39, 0.29) is 22.8 Å². The van der Waals surface area contributed by atoms with Gasteiger partial charge in [0.05, 0.1) is 11.6 Å². The fourth-order valence-electron chi connectivity index (χ4n) is 4.38. The van der Waals surface area contributed by atoms with Crippen molar-refractivity contribution in [2.45, 2.75) is 45.4 Å². The van der Waals surface area contributed by atoms with Crippen LogP contribution in [0.5, 0.6) is 0 Å². The van der Waals surface area contributed by atoms with E-state index >= 15 is 0 Å². The second-order valence-corrected chi connectivity index (χ2v) is 6.93. The van der Waals surface area contributed by atoms with Crippen molar-refractivity contribution in [3.05, 3.63) is 39.3 Å². The molecule has 2 aliphatic rings. The summed E-state index contributed by atoms with van der Waals surface area (Å²) in [5, 5.41) is 19.8. The van der Waals surface area contributed by atoms with E-state index in [4.69, 9.17) is 0 Å². The molecule has 21 heavy (non-hydrogen) atoms. The molecule has 0 unspecified atom stereocenters. The molecule has 3 rings (SSSR count). The summed E-state index contributed by atoms with van der Waals surface area (Å²) >= 11 is 0. The van der Waals surface area contributed by atoms with E-state index in [1.165, 1.54) is 0 Å². The van der Waals surface area contributed by atoms with Crippen LogP contribution in [0.3, 0.4) is 0 Å². The Hall–Kier alpha value is -2.09. The number of hydrogen-bond acceptors (Lipinski definition) is 4. The highest BCUT2D eigenvalue weighted by atomic mass is 16.3. The fraction of sp³-hybridized carbons (Fsp3) is 0.562. The Balaban J connectivity index is 2.26. The van der Waals surface area contributed by atoms with Crippen molar-refractivity contribution in [2.75, 3.05) is 0 Å². The van der Waals surface area contributed by atoms with E-state index in [0.717, 1.165) is 24.1 Å². The molecule has 1 heterocycles. The van der Waals surface area contributed by atoms with Crippen LogP contribution in [-0.4, -0.2) is 15.1 Å². The van der Waals surface area contributed by atoms with Gasteiger partial charge in [-0.15, -0.1) is 0 Å². The van der Waals surface area contributed by atoms with Gasteiger partial charge in [0.2, 0.25) is 0 Å². The lowest BCUT2D eigenvalue weighted by Gasteiger charge is -2.52. The van der Waals surface area contributed by atoms with Gasteiger partial charge in [0, 0.05) is 22.7 Å². The number of rotatable bonds is 0. The minimum absolute atomic E-state index is 0.174. The van der Waals surface area contributed by atoms with E-state index < -0.39 is 5.41 Å². The lowest BCUT2D eigenvalue weighted by atomic mass is 9.52. The summed E-state index contributed by atoms with van der Waals surface area (Å²) in [6.07, 6.45) is 3.84. The molecular weight excluding hydrogens is 266 g/mol. The van der Waals surface area contributed by atoms with E-state index in [1.54, 1.807) is 6.20 Å². The second-order valence-electron chi connectivity index (χ2n) is 6.93. The number of aliphatic hydroxyl groups excluding tert-OH is 1. The van der Waals surface area contributed by atoms with Crippen LogP contribution in [0.2, 0.25) is 0 Å². The van der Waals surface area contributed by atoms with Gasteiger partial charge < -0.3 is 10.1 Å². The highest BCUT2D eigenvalue weighted by Crippen LogP contribution is 2.57. The van der Waals surface area contributed by atoms with Gasteiger partial charge in [-0.2, -0.15) is 5.26 Å². The largest absolute Gasteiger partial charge is 0.511 e. The molecule has 2 atom stereocenters. The normalized spacial score (nSPS) is 30.3. The molecule has 0 aliphatic heterocycles. The Morgan fingerprint density at radius 2 is 2.19 bits per heavy atom. The molecule has 5 nitrogen and oxygen atoms in total. The van der Waals surface area contributed by atoms with Crippen molar-refractivity contribution < 1.29 is 5.11 Å². The van der Waals surface area contributed by atoms with Gasteiger partial charge in [0.1, 0.15) is 5.76 Å². The maximum atomic E-state index is 11.6. The molecule has 0 saturated heterocycles. The van der Waals surface area contributed by atoms with Crippen molar-refractivity contribution in [1.82, 2.24) is 9.97 Å². The highest BCUT2D eigenvalue weighted by molar-refractivity contribution is 5.41. The van der Waals surface area contributed by atoms with Gasteiger partial charge in [-0.25, -0.2) is 9.78 Å². The molecule has 0 aromatic carbocycles. The minimum Gasteiger partial charge on any atom is -0.511 e. The molecule has 0 saturated carbocycles. The molecule has 0 fully saturated rings. The third-order valence-electron chi connectivity index (χ3n) is 5.38. The van der Waals surface area contributed by atoms with Crippen molar-refractivity contribution in [3.63, 3.8) is 0 Å². The SMILES string of the molecule is CC1(C)C(O)=C(C#N)C[C@]2(C)c3[nH]c(=O)ncc3CC[C@@H]12. The first-order chi connectivity index (χ1) is 9.80. The summed E-state index contributed by atoms with van der Waals surface area (Å²) in [7, 11) is 0. The van der Waals surface area contributed by atoms with Gasteiger partial charge in [0.15, 0.2) is 0 Å². The number of nitriles is 1. The third kappa shape index (κ3) is 1.75. The second kappa shape index (κ2) is 4.20. The van der Waals surface area contributed by atoms with E-state index in [9.17, 15) is 15.2 Å². The number of nitrogens with one attached hydrogen (secondary N) is 1. The third-order valence-corrected chi connectivity index (χ3v) is 5.38. The number of nitrogens with zero attached hydrogens (tertiary/aromatic N) is 2. The number of H-pyrrole nitrogens is 1. The quantitative estimate of drug-likeness (QED) is 0.765. The molecule has 0 bridgehead atoms. The first-order valence-corrected chi connectivity index (χ1v) is 7.22. The van der Waals surface area contributed by atoms with Crippen molar-refractivity contribution in [2.24, 2.45) is 11.3 Å². The molecule has 0 amide bonds. The number of allylic oxidation sites excluding steroid dienone is 2. The Bertz CT molecular complexity index is 739. The van der Waals surface area contributed by atoms with Gasteiger partial charge in [0.25, 0.3) is 0 Å². The molecule has 0 spiro atoms. The van der Waals surface area contributed by atoms with Crippen LogP contribution < -0.4 is 5.69 Å². The van der Waals surface area contributed by atoms with Crippen LogP contribution in [0.4, 0.5) is 0 Å². The summed E-state index contributed by atoms with van der Waals surface area (Å²) in [5.41, 5.74) is 1.16. The van der Waals surface area contributed by atoms with Gasteiger partial charge in [-0.05, 0) is 30.7 Å². The average molecular weight is 285 g/mol. The van der Waals surface area contributed by atoms with Gasteiger partial charge in [-0.3, -0.25) is 0 Å². The standard InChI is InChI=1S/C16H19N3O2/c1-15(2)11-5-4-9-8-18-14(21)19-12(9)16(11,3)6-10(7-17)13(15)20/h8,11,20H,4-6H2,1-3H3,(H,18,19,21)/t11-,16-/m0/s1. The summed E-state index contributed by atoms with van der Waals surface area (Å²) in [6.45, 7) is 6.04. The fourth-order valence-corrected chi connectivity index (χ4v) is 4.38. The van der Waals surface area contributed by atoms with E-state index in [0.29, 0.717) is 12.0 Å². The molecule has 2 aliphatic carbocycles. The molecule has 110 valence electrons. The van der Waals surface area contributed by atoms with Crippen molar-refractivity contribution in [3.8, 4) is 6.07 Å². The van der Waals surface area contributed by atoms with Crippen molar-refractivity contribution in [1.29, 1.82) is 5.26 Å². The lowest BCUT2D eigenvalue weighted by molar-refractivity contribution is 0.0627. The van der Waals surface area contributed by atoms with E-state index in [1.807, 2.05) is 13.8 Å². The first-order valence-electron chi connectivity index (χ1n) is 7.22. The summed E-state index contributed by atoms with van der Waals surface area (Å²) < 4.78 is 0. The zero-order chi connectivity index (χ0) is 15.4. The molecule has 5 heteroatoms. The predicted molar refractivity (Wildman–Crippen MR) is 77.7 cm³/mol. The summed E-state index contributed by atoms with van der Waals surface area (Å²) in [6, 6.07) is 2.13. The van der Waals surface area contributed by atoms with Gasteiger partial charge in [-0.1, -0.05) is 20.8 Å². The summed E-state index contributed by atoms with van der Waals surface area (Å²) in [5.74, 6) is 0.375. The molecule has 1 aromatic heterocycles. The Morgan fingerprint density at radius 3 is 2.86 bits per heavy atom. The highest BCUT2D eigenvalue weighted by Gasteiger charge is 2.54. The lowest BCUT2D eigenvalue weighted by Crippen LogP contribution is -2.50. The van der Waals surface area contributed by atoms with Crippen LogP contribution in [0, 0.1) is 22.7 Å². The maximum Gasteiger partial charge on any atom is 0.345 e. The zero-order valence-electron chi connectivity index (χ0n) is 12.5. The number of aryl methyl sites for hydroxylation is 1. The maximum absolute atomic E-state index is 11.6. The number of hydrogen-bond donors (Lipinski definition) is 2. The monoisotopic (exact) mass is 285 g/mol. The number of fused-ring (bicyclic) bond motifs is 3. The topological polar surface area (TPSA) is 89.8 Å². The van der Waals surface area contributed by atoms with Crippen LogP contribution >= 0.6 is 0 Å². The first kappa shape index (κ1) is 13.9. The van der Waals surface area contributed by atoms with Crippen LogP contribution in [0.1, 0.15) is 44.9 Å². The smallest absolute Gasteiger partial charge is 0.345 e.